The molecule has 3 aromatic rings. The predicted octanol–water partition coefficient (Wildman–Crippen LogP) is 4.64. The lowest BCUT2D eigenvalue weighted by molar-refractivity contribution is -0.120. The fourth-order valence-corrected chi connectivity index (χ4v) is 6.25. The summed E-state index contributed by atoms with van der Waals surface area (Å²) in [5.41, 5.74) is 3.72. The summed E-state index contributed by atoms with van der Waals surface area (Å²) in [6.07, 6.45) is 4.85. The highest BCUT2D eigenvalue weighted by molar-refractivity contribution is 7.91. The van der Waals surface area contributed by atoms with E-state index in [1.807, 2.05) is 13.0 Å². The lowest BCUT2D eigenvalue weighted by atomic mass is 9.66. The molecule has 0 bridgehead atoms. The van der Waals surface area contributed by atoms with Crippen LogP contribution in [0.15, 0.2) is 54.2 Å². The number of ketones is 1. The smallest absolute Gasteiger partial charge is 0.176 e. The van der Waals surface area contributed by atoms with Gasteiger partial charge in [0.25, 0.3) is 0 Å². The number of pyridine rings is 1. The topological polar surface area (TPSA) is 114 Å². The van der Waals surface area contributed by atoms with Crippen LogP contribution in [0.2, 0.25) is 0 Å². The van der Waals surface area contributed by atoms with E-state index in [2.05, 4.69) is 4.98 Å². The third-order valence-electron chi connectivity index (χ3n) is 7.64. The lowest BCUT2D eigenvalue weighted by Crippen LogP contribution is -2.35. The van der Waals surface area contributed by atoms with Crippen molar-refractivity contribution in [2.24, 2.45) is 11.8 Å². The average molecular weight is 531 g/mol. The van der Waals surface area contributed by atoms with Gasteiger partial charge in [-0.05, 0) is 43.0 Å². The van der Waals surface area contributed by atoms with Gasteiger partial charge in [-0.15, -0.1) is 0 Å². The van der Waals surface area contributed by atoms with Gasteiger partial charge in [0.1, 0.15) is 21.7 Å². The molecule has 0 amide bonds. The molecule has 38 heavy (non-hydrogen) atoms. The molecule has 0 saturated heterocycles. The first-order valence-electron chi connectivity index (χ1n) is 12.7. The van der Waals surface area contributed by atoms with Gasteiger partial charge in [0.2, 0.25) is 0 Å². The van der Waals surface area contributed by atoms with Gasteiger partial charge in [-0.25, -0.2) is 22.8 Å². The van der Waals surface area contributed by atoms with Crippen LogP contribution < -0.4 is 0 Å². The number of sulfone groups is 1. The number of carbonyl (C=O) groups is 1. The Morgan fingerprint density at radius 3 is 2.71 bits per heavy atom. The molecule has 2 heterocycles. The van der Waals surface area contributed by atoms with Crippen LogP contribution in [-0.2, 0) is 27.5 Å². The minimum Gasteiger partial charge on any atom is -0.293 e. The quantitative estimate of drug-likeness (QED) is 0.456. The van der Waals surface area contributed by atoms with Gasteiger partial charge in [0, 0.05) is 52.6 Å². The molecule has 0 saturated carbocycles. The molecule has 0 aliphatic heterocycles. The van der Waals surface area contributed by atoms with E-state index < -0.39 is 15.7 Å². The zero-order valence-electron chi connectivity index (χ0n) is 21.2. The molecule has 0 radical (unpaired) electrons. The van der Waals surface area contributed by atoms with Crippen molar-refractivity contribution < 1.29 is 17.6 Å². The third kappa shape index (κ3) is 4.76. The van der Waals surface area contributed by atoms with Crippen molar-refractivity contribution in [3.05, 3.63) is 77.0 Å². The van der Waals surface area contributed by atoms with E-state index in [0.29, 0.717) is 46.9 Å². The summed E-state index contributed by atoms with van der Waals surface area (Å²) >= 11 is 0. The van der Waals surface area contributed by atoms with Crippen molar-refractivity contribution in [1.82, 2.24) is 15.0 Å². The van der Waals surface area contributed by atoms with E-state index in [1.165, 1.54) is 6.07 Å². The molecule has 9 heteroatoms. The summed E-state index contributed by atoms with van der Waals surface area (Å²) in [5, 5.41) is 9.60. The number of benzene rings is 1. The van der Waals surface area contributed by atoms with Crippen molar-refractivity contribution >= 4 is 15.6 Å². The Labute approximate surface area is 221 Å². The molecule has 5 rings (SSSR count). The fourth-order valence-electron chi connectivity index (χ4n) is 5.44. The number of aromatic nitrogens is 3. The largest absolute Gasteiger partial charge is 0.293 e. The van der Waals surface area contributed by atoms with Crippen molar-refractivity contribution in [1.29, 1.82) is 5.26 Å². The summed E-state index contributed by atoms with van der Waals surface area (Å²) in [6, 6.07) is 12.0. The molecule has 3 atom stereocenters. The first-order valence-corrected chi connectivity index (χ1v) is 14.5. The molecule has 194 valence electrons. The number of nitrogens with zero attached hydrogens (tertiary/aromatic N) is 4. The highest BCUT2D eigenvalue weighted by atomic mass is 32.2. The monoisotopic (exact) mass is 530 g/mol. The maximum atomic E-state index is 15.0. The number of rotatable bonds is 6. The first kappa shape index (κ1) is 25.9. The maximum Gasteiger partial charge on any atom is 0.176 e. The van der Waals surface area contributed by atoms with Gasteiger partial charge >= 0.3 is 0 Å². The van der Waals surface area contributed by atoms with Crippen LogP contribution in [0.4, 0.5) is 4.39 Å². The summed E-state index contributed by atoms with van der Waals surface area (Å²) in [4.78, 5) is 26.8. The Morgan fingerprint density at radius 2 is 1.97 bits per heavy atom. The van der Waals surface area contributed by atoms with Crippen LogP contribution >= 0.6 is 0 Å². The highest BCUT2D eigenvalue weighted by Gasteiger charge is 2.42. The Morgan fingerprint density at radius 1 is 1.18 bits per heavy atom. The standard InChI is InChI=1S/C29H27FN4O3S/c1-3-38(36,37)13-11-20-14-18(10-12-32-20)29-33-26(22-6-4-5-7-25(22)30)23-9-8-21-17(2)28(35)19(16-31)15-24(21)27(23)34-29/h4-7,10,12,14-15,17,21,24H,3,8-9,11,13H2,1-2H3. The van der Waals surface area contributed by atoms with Gasteiger partial charge in [-0.1, -0.05) is 32.1 Å². The van der Waals surface area contributed by atoms with Crippen molar-refractivity contribution in [3.63, 3.8) is 0 Å². The Hall–Kier alpha value is -3.77. The van der Waals surface area contributed by atoms with Gasteiger partial charge in [0.15, 0.2) is 11.6 Å². The van der Waals surface area contributed by atoms with Crippen molar-refractivity contribution in [2.75, 3.05) is 11.5 Å². The summed E-state index contributed by atoms with van der Waals surface area (Å²) in [5.74, 6) is -0.752. The van der Waals surface area contributed by atoms with E-state index in [4.69, 9.17) is 9.97 Å². The number of carbonyl (C=O) groups excluding carboxylic acids is 1. The van der Waals surface area contributed by atoms with E-state index in [0.717, 1.165) is 5.56 Å². The van der Waals surface area contributed by atoms with E-state index in [-0.39, 0.29) is 47.0 Å². The van der Waals surface area contributed by atoms with E-state index in [9.17, 15) is 18.5 Å². The predicted molar refractivity (Wildman–Crippen MR) is 141 cm³/mol. The fraction of sp³-hybridized carbons (Fsp3) is 0.345. The average Bonchev–Trinajstić information content (AvgIpc) is 2.93. The molecule has 0 N–H and O–H groups in total. The van der Waals surface area contributed by atoms with Crippen molar-refractivity contribution in [2.45, 2.75) is 39.0 Å². The summed E-state index contributed by atoms with van der Waals surface area (Å²) in [6.45, 7) is 3.47. The number of hydrogen-bond donors (Lipinski definition) is 0. The molecule has 0 spiro atoms. The first-order chi connectivity index (χ1) is 18.2. The van der Waals surface area contributed by atoms with Gasteiger partial charge in [-0.2, -0.15) is 5.26 Å². The van der Waals surface area contributed by atoms with Crippen molar-refractivity contribution in [3.8, 4) is 28.7 Å². The van der Waals surface area contributed by atoms with E-state index in [1.54, 1.807) is 49.5 Å². The molecule has 2 aromatic heterocycles. The van der Waals surface area contributed by atoms with Gasteiger partial charge in [0.05, 0.1) is 22.7 Å². The number of nitriles is 1. The number of Topliss-reactive ketones (excluding diaryl/α,β-unsaturated/α-hetero) is 1. The van der Waals surface area contributed by atoms with Crippen LogP contribution in [-0.4, -0.2) is 40.7 Å². The van der Waals surface area contributed by atoms with Crippen LogP contribution in [0, 0.1) is 29.0 Å². The molecular weight excluding hydrogens is 503 g/mol. The number of halogens is 1. The number of aryl methyl sites for hydroxylation is 1. The van der Waals surface area contributed by atoms with Crippen LogP contribution in [0.25, 0.3) is 22.6 Å². The Bertz CT molecular complexity index is 1610. The zero-order chi connectivity index (χ0) is 27.0. The summed E-state index contributed by atoms with van der Waals surface area (Å²) < 4.78 is 39.1. The maximum absolute atomic E-state index is 15.0. The zero-order valence-corrected chi connectivity index (χ0v) is 22.0. The molecule has 2 aliphatic carbocycles. The normalized spacial score (nSPS) is 20.7. The number of allylic oxidation sites excluding steroid dienone is 2. The molecule has 1 aromatic carbocycles. The minimum atomic E-state index is -3.16. The summed E-state index contributed by atoms with van der Waals surface area (Å²) in [7, 11) is -3.16. The second-order valence-corrected chi connectivity index (χ2v) is 12.3. The Balaban J connectivity index is 1.67. The molecule has 3 unspecified atom stereocenters. The number of hydrogen-bond acceptors (Lipinski definition) is 7. The molecule has 2 aliphatic rings. The van der Waals surface area contributed by atoms with Crippen LogP contribution in [0.1, 0.15) is 43.1 Å². The van der Waals surface area contributed by atoms with Crippen LogP contribution in [0.3, 0.4) is 0 Å². The molecular formula is C29H27FN4O3S. The van der Waals surface area contributed by atoms with Gasteiger partial charge in [-0.3, -0.25) is 9.78 Å². The SMILES string of the molecule is CCS(=O)(=O)CCc1cc(-c2nc(-c3ccccc3F)c3c(n2)C2C=C(C#N)C(=O)C(C)C2CC3)ccn1. The lowest BCUT2D eigenvalue weighted by Gasteiger charge is -2.38. The second-order valence-electron chi connectivity index (χ2n) is 9.84. The Kier molecular flexibility index (Phi) is 6.93. The molecule has 7 nitrogen and oxygen atoms in total. The molecule has 0 fully saturated rings. The van der Waals surface area contributed by atoms with E-state index >= 15 is 4.39 Å². The van der Waals surface area contributed by atoms with Crippen LogP contribution in [0.5, 0.6) is 0 Å². The second kappa shape index (κ2) is 10.2. The number of fused-ring (bicyclic) bond motifs is 3. The third-order valence-corrected chi connectivity index (χ3v) is 9.35. The van der Waals surface area contributed by atoms with Gasteiger partial charge < -0.3 is 0 Å². The highest BCUT2D eigenvalue weighted by Crippen LogP contribution is 2.47. The minimum absolute atomic E-state index is 0.0110.